The second-order valence-electron chi connectivity index (χ2n) is 4.21. The van der Waals surface area contributed by atoms with Crippen molar-refractivity contribution in [1.82, 2.24) is 4.90 Å². The summed E-state index contributed by atoms with van der Waals surface area (Å²) in [5.74, 6) is 0.647. The molecule has 0 bridgehead atoms. The zero-order valence-corrected chi connectivity index (χ0v) is 11.2. The van der Waals surface area contributed by atoms with Gasteiger partial charge in [-0.05, 0) is 18.6 Å². The number of benzene rings is 1. The van der Waals surface area contributed by atoms with Gasteiger partial charge in [0.1, 0.15) is 5.75 Å². The molecule has 1 amide bonds. The smallest absolute Gasteiger partial charge is 0.241 e. The number of hydrogen-bond donors (Lipinski definition) is 2. The number of likely N-dealkylation sites (N-methyl/N-ethyl adjacent to an activating group) is 1. The summed E-state index contributed by atoms with van der Waals surface area (Å²) in [7, 11) is 3.43. The molecule has 100 valence electrons. The molecule has 0 aromatic heterocycles. The van der Waals surface area contributed by atoms with Crippen LogP contribution in [0.1, 0.15) is 13.3 Å². The van der Waals surface area contributed by atoms with E-state index < -0.39 is 0 Å². The van der Waals surface area contributed by atoms with Crippen LogP contribution in [0.15, 0.2) is 18.2 Å². The number of amides is 1. The van der Waals surface area contributed by atoms with E-state index in [2.05, 4.69) is 5.32 Å². The average molecular weight is 251 g/mol. The van der Waals surface area contributed by atoms with Crippen molar-refractivity contribution in [2.45, 2.75) is 13.3 Å². The van der Waals surface area contributed by atoms with Crippen molar-refractivity contribution in [3.63, 3.8) is 0 Å². The van der Waals surface area contributed by atoms with Gasteiger partial charge in [-0.1, -0.05) is 13.0 Å². The van der Waals surface area contributed by atoms with Gasteiger partial charge in [0, 0.05) is 14.1 Å². The highest BCUT2D eigenvalue weighted by Crippen LogP contribution is 2.29. The number of nitrogens with two attached hydrogens (primary N) is 1. The van der Waals surface area contributed by atoms with Gasteiger partial charge in [0.15, 0.2) is 0 Å². The van der Waals surface area contributed by atoms with E-state index >= 15 is 0 Å². The molecular formula is C13H21N3O2. The molecule has 0 spiro atoms. The van der Waals surface area contributed by atoms with E-state index in [1.807, 2.05) is 25.1 Å². The Balaban J connectivity index is 2.68. The summed E-state index contributed by atoms with van der Waals surface area (Å²) in [6.07, 6.45) is 0.927. The van der Waals surface area contributed by atoms with Crippen molar-refractivity contribution in [2.24, 2.45) is 0 Å². The molecule has 5 nitrogen and oxygen atoms in total. The van der Waals surface area contributed by atoms with Crippen LogP contribution in [0.4, 0.5) is 11.4 Å². The standard InChI is InChI=1S/C13H21N3O2/c1-4-8-18-11-7-5-6-10(13(11)14)15-9-12(17)16(2)3/h5-7,15H,4,8-9,14H2,1-3H3. The van der Waals surface area contributed by atoms with Crippen LogP contribution in [0.3, 0.4) is 0 Å². The lowest BCUT2D eigenvalue weighted by atomic mass is 10.2. The van der Waals surface area contributed by atoms with Gasteiger partial charge in [0.25, 0.3) is 0 Å². The topological polar surface area (TPSA) is 67.6 Å². The Hall–Kier alpha value is -1.91. The predicted octanol–water partition coefficient (Wildman–Crippen LogP) is 1.56. The molecule has 3 N–H and O–H groups in total. The number of nitrogen functional groups attached to an aromatic ring is 1. The van der Waals surface area contributed by atoms with Crippen LogP contribution in [0, 0.1) is 0 Å². The molecule has 0 fully saturated rings. The van der Waals surface area contributed by atoms with Crippen LogP contribution in [0.5, 0.6) is 5.75 Å². The van der Waals surface area contributed by atoms with Gasteiger partial charge in [-0.2, -0.15) is 0 Å². The van der Waals surface area contributed by atoms with Gasteiger partial charge in [-0.15, -0.1) is 0 Å². The van der Waals surface area contributed by atoms with E-state index in [9.17, 15) is 4.79 Å². The van der Waals surface area contributed by atoms with Crippen molar-refractivity contribution in [2.75, 3.05) is 38.3 Å². The number of carbonyl (C=O) groups is 1. The van der Waals surface area contributed by atoms with E-state index in [4.69, 9.17) is 10.5 Å². The lowest BCUT2D eigenvalue weighted by Crippen LogP contribution is -2.28. The molecule has 0 aliphatic rings. The van der Waals surface area contributed by atoms with Crippen LogP contribution in [0.2, 0.25) is 0 Å². The lowest BCUT2D eigenvalue weighted by molar-refractivity contribution is -0.126. The third-order valence-corrected chi connectivity index (χ3v) is 2.46. The molecule has 0 heterocycles. The number of para-hydroxylation sites is 1. The molecule has 0 radical (unpaired) electrons. The number of nitrogens with one attached hydrogen (secondary N) is 1. The largest absolute Gasteiger partial charge is 0.491 e. The summed E-state index contributed by atoms with van der Waals surface area (Å²) in [6, 6.07) is 5.50. The minimum atomic E-state index is -0.00530. The van der Waals surface area contributed by atoms with E-state index in [-0.39, 0.29) is 12.5 Å². The Bertz CT molecular complexity index is 405. The molecule has 0 aliphatic heterocycles. The summed E-state index contributed by atoms with van der Waals surface area (Å²) < 4.78 is 5.52. The molecule has 1 aromatic carbocycles. The van der Waals surface area contributed by atoms with Gasteiger partial charge in [-0.3, -0.25) is 4.79 Å². The van der Waals surface area contributed by atoms with Crippen LogP contribution in [-0.2, 0) is 4.79 Å². The van der Waals surface area contributed by atoms with Crippen molar-refractivity contribution in [3.05, 3.63) is 18.2 Å². The van der Waals surface area contributed by atoms with Gasteiger partial charge in [0.05, 0.1) is 24.5 Å². The maximum atomic E-state index is 11.5. The van der Waals surface area contributed by atoms with Crippen molar-refractivity contribution in [3.8, 4) is 5.75 Å². The van der Waals surface area contributed by atoms with Crippen LogP contribution in [-0.4, -0.2) is 38.1 Å². The Morgan fingerprint density at radius 1 is 1.44 bits per heavy atom. The molecule has 1 aromatic rings. The fourth-order valence-electron chi connectivity index (χ4n) is 1.37. The minimum Gasteiger partial charge on any atom is -0.491 e. The fraction of sp³-hybridized carbons (Fsp3) is 0.462. The molecular weight excluding hydrogens is 230 g/mol. The number of rotatable bonds is 6. The van der Waals surface area contributed by atoms with E-state index in [0.29, 0.717) is 18.0 Å². The van der Waals surface area contributed by atoms with E-state index in [1.54, 1.807) is 14.1 Å². The van der Waals surface area contributed by atoms with E-state index in [1.165, 1.54) is 4.90 Å². The summed E-state index contributed by atoms with van der Waals surface area (Å²) in [4.78, 5) is 13.0. The van der Waals surface area contributed by atoms with Gasteiger partial charge in [-0.25, -0.2) is 0 Å². The average Bonchev–Trinajstić information content (AvgIpc) is 2.35. The van der Waals surface area contributed by atoms with Gasteiger partial charge in [0.2, 0.25) is 5.91 Å². The number of hydrogen-bond acceptors (Lipinski definition) is 4. The third-order valence-electron chi connectivity index (χ3n) is 2.46. The molecule has 0 saturated carbocycles. The molecule has 5 heteroatoms. The number of carbonyl (C=O) groups excluding carboxylic acids is 1. The first-order valence-corrected chi connectivity index (χ1v) is 6.01. The first kappa shape index (κ1) is 14.2. The lowest BCUT2D eigenvalue weighted by Gasteiger charge is -2.15. The predicted molar refractivity (Wildman–Crippen MR) is 73.8 cm³/mol. The molecule has 0 unspecified atom stereocenters. The highest BCUT2D eigenvalue weighted by Gasteiger charge is 2.08. The Kier molecular flexibility index (Phi) is 5.30. The minimum absolute atomic E-state index is 0.00530. The normalized spacial score (nSPS) is 9.94. The quantitative estimate of drug-likeness (QED) is 0.753. The summed E-state index contributed by atoms with van der Waals surface area (Å²) >= 11 is 0. The van der Waals surface area contributed by atoms with Gasteiger partial charge < -0.3 is 20.7 Å². The zero-order chi connectivity index (χ0) is 13.5. The van der Waals surface area contributed by atoms with Crippen molar-refractivity contribution in [1.29, 1.82) is 0 Å². The maximum absolute atomic E-state index is 11.5. The second-order valence-corrected chi connectivity index (χ2v) is 4.21. The highest BCUT2D eigenvalue weighted by atomic mass is 16.5. The third kappa shape index (κ3) is 3.84. The highest BCUT2D eigenvalue weighted by molar-refractivity contribution is 5.82. The van der Waals surface area contributed by atoms with Crippen LogP contribution < -0.4 is 15.8 Å². The first-order chi connectivity index (χ1) is 8.56. The SMILES string of the molecule is CCCOc1cccc(NCC(=O)N(C)C)c1N. The van der Waals surface area contributed by atoms with E-state index in [0.717, 1.165) is 12.1 Å². The summed E-state index contributed by atoms with van der Waals surface area (Å²) in [5, 5.41) is 3.01. The molecule has 0 aliphatic carbocycles. The van der Waals surface area contributed by atoms with Crippen LogP contribution >= 0.6 is 0 Å². The number of nitrogens with zero attached hydrogens (tertiary/aromatic N) is 1. The summed E-state index contributed by atoms with van der Waals surface area (Å²) in [5.41, 5.74) is 7.23. The molecule has 0 saturated heterocycles. The second kappa shape index (κ2) is 6.74. The van der Waals surface area contributed by atoms with Gasteiger partial charge >= 0.3 is 0 Å². The molecule has 1 rings (SSSR count). The fourth-order valence-corrected chi connectivity index (χ4v) is 1.37. The van der Waals surface area contributed by atoms with Crippen molar-refractivity contribution < 1.29 is 9.53 Å². The molecule has 18 heavy (non-hydrogen) atoms. The number of ether oxygens (including phenoxy) is 1. The van der Waals surface area contributed by atoms with Crippen molar-refractivity contribution >= 4 is 17.3 Å². The maximum Gasteiger partial charge on any atom is 0.241 e. The first-order valence-electron chi connectivity index (χ1n) is 6.01. The Morgan fingerprint density at radius 3 is 2.78 bits per heavy atom. The number of anilines is 2. The molecule has 0 atom stereocenters. The monoisotopic (exact) mass is 251 g/mol. The zero-order valence-electron chi connectivity index (χ0n) is 11.2. The summed E-state index contributed by atoms with van der Waals surface area (Å²) in [6.45, 7) is 2.88. The Labute approximate surface area is 108 Å². The Morgan fingerprint density at radius 2 is 2.17 bits per heavy atom. The van der Waals surface area contributed by atoms with Crippen LogP contribution in [0.25, 0.3) is 0 Å².